The summed E-state index contributed by atoms with van der Waals surface area (Å²) in [6.45, 7) is 4.05. The van der Waals surface area contributed by atoms with Crippen LogP contribution in [0.3, 0.4) is 0 Å². The summed E-state index contributed by atoms with van der Waals surface area (Å²) in [5, 5.41) is 1.16. The van der Waals surface area contributed by atoms with Gasteiger partial charge in [-0.05, 0) is 47.5 Å². The number of nitrogens with zero attached hydrogens (tertiary/aromatic N) is 2. The van der Waals surface area contributed by atoms with Crippen molar-refractivity contribution in [2.75, 3.05) is 0 Å². The predicted molar refractivity (Wildman–Crippen MR) is 79.3 cm³/mol. The highest BCUT2D eigenvalue weighted by Gasteiger charge is 2.10. The third-order valence-corrected chi connectivity index (χ3v) is 3.73. The maximum atomic E-state index is 5.99. The van der Waals surface area contributed by atoms with Crippen LogP contribution in [0.4, 0.5) is 0 Å². The van der Waals surface area contributed by atoms with Crippen LogP contribution >= 0.6 is 39.1 Å². The van der Waals surface area contributed by atoms with Gasteiger partial charge in [0.1, 0.15) is 4.60 Å². The van der Waals surface area contributed by atoms with Gasteiger partial charge in [0.05, 0.1) is 0 Å². The van der Waals surface area contributed by atoms with E-state index in [4.69, 9.17) is 23.2 Å². The first-order valence-electron chi connectivity index (χ1n) is 5.50. The zero-order chi connectivity index (χ0) is 13.3. The number of benzene rings is 1. The van der Waals surface area contributed by atoms with Gasteiger partial charge in [0.2, 0.25) is 0 Å². The van der Waals surface area contributed by atoms with Crippen LogP contribution in [0.15, 0.2) is 22.8 Å². The molecule has 0 radical (unpaired) electrons. The van der Waals surface area contributed by atoms with Gasteiger partial charge in [-0.2, -0.15) is 0 Å². The fraction of sp³-hybridized carbons (Fsp3) is 0.231. The van der Waals surface area contributed by atoms with Crippen LogP contribution in [0.2, 0.25) is 10.0 Å². The first-order valence-corrected chi connectivity index (χ1v) is 7.05. The lowest BCUT2D eigenvalue weighted by Crippen LogP contribution is -1.99. The van der Waals surface area contributed by atoms with Crippen molar-refractivity contribution in [1.82, 2.24) is 9.97 Å². The maximum absolute atomic E-state index is 5.99. The Morgan fingerprint density at radius 3 is 2.22 bits per heavy atom. The molecule has 0 fully saturated rings. The minimum atomic E-state index is 0.578. The molecule has 0 unspecified atom stereocenters. The lowest BCUT2D eigenvalue weighted by Gasteiger charge is -2.08. The number of hydrogen-bond donors (Lipinski definition) is 0. The molecule has 0 saturated heterocycles. The molecule has 0 N–H and O–H groups in total. The van der Waals surface area contributed by atoms with Crippen LogP contribution in [-0.2, 0) is 6.42 Å². The Labute approximate surface area is 124 Å². The Bertz CT molecular complexity index is 556. The van der Waals surface area contributed by atoms with E-state index in [1.165, 1.54) is 0 Å². The third-order valence-electron chi connectivity index (χ3n) is 2.64. The van der Waals surface area contributed by atoms with Crippen molar-refractivity contribution < 1.29 is 0 Å². The van der Waals surface area contributed by atoms with Gasteiger partial charge in [0.15, 0.2) is 5.82 Å². The second-order valence-corrected chi connectivity index (χ2v) is 5.54. The number of aromatic nitrogens is 2. The van der Waals surface area contributed by atoms with E-state index in [1.807, 2.05) is 6.92 Å². The second-order valence-electron chi connectivity index (χ2n) is 3.91. The van der Waals surface area contributed by atoms with Crippen LogP contribution in [0.25, 0.3) is 11.4 Å². The topological polar surface area (TPSA) is 25.8 Å². The van der Waals surface area contributed by atoms with Crippen molar-refractivity contribution >= 4 is 39.1 Å². The molecule has 2 nitrogen and oxygen atoms in total. The van der Waals surface area contributed by atoms with Crippen LogP contribution in [0, 0.1) is 6.92 Å². The van der Waals surface area contributed by atoms with Crippen LogP contribution in [-0.4, -0.2) is 9.97 Å². The van der Waals surface area contributed by atoms with E-state index in [-0.39, 0.29) is 0 Å². The molecule has 0 aliphatic heterocycles. The third kappa shape index (κ3) is 2.85. The number of halogens is 3. The number of rotatable bonds is 2. The van der Waals surface area contributed by atoms with E-state index in [9.17, 15) is 0 Å². The average Bonchev–Trinajstić information content (AvgIpc) is 2.27. The molecular formula is C13H11BrCl2N2. The zero-order valence-electron chi connectivity index (χ0n) is 9.97. The minimum Gasteiger partial charge on any atom is -0.233 e. The molecule has 1 aromatic carbocycles. The number of aryl methyl sites for hydroxylation is 1. The number of hydrogen-bond acceptors (Lipinski definition) is 2. The van der Waals surface area contributed by atoms with Crippen LogP contribution in [0.1, 0.15) is 18.2 Å². The van der Waals surface area contributed by atoms with Gasteiger partial charge in [-0.15, -0.1) is 0 Å². The maximum Gasteiger partial charge on any atom is 0.160 e. The van der Waals surface area contributed by atoms with Gasteiger partial charge in [0.25, 0.3) is 0 Å². The first kappa shape index (κ1) is 13.8. The molecule has 1 heterocycles. The molecule has 0 atom stereocenters. The molecule has 0 saturated carbocycles. The molecular weight excluding hydrogens is 335 g/mol. The van der Waals surface area contributed by atoms with Gasteiger partial charge < -0.3 is 0 Å². The summed E-state index contributed by atoms with van der Waals surface area (Å²) in [7, 11) is 0. The lowest BCUT2D eigenvalue weighted by molar-refractivity contribution is 0.981. The Morgan fingerprint density at radius 1 is 1.11 bits per heavy atom. The SMILES string of the molecule is CCc1c(C)nc(-c2cc(Cl)cc(Cl)c2)nc1Br. The Hall–Kier alpha value is -0.640. The van der Waals surface area contributed by atoms with Crippen molar-refractivity contribution in [3.05, 3.63) is 44.1 Å². The van der Waals surface area contributed by atoms with E-state index in [2.05, 4.69) is 32.8 Å². The van der Waals surface area contributed by atoms with E-state index in [0.717, 1.165) is 27.8 Å². The van der Waals surface area contributed by atoms with Crippen molar-refractivity contribution in [1.29, 1.82) is 0 Å². The summed E-state index contributed by atoms with van der Waals surface area (Å²) in [4.78, 5) is 8.94. The van der Waals surface area contributed by atoms with Crippen LogP contribution in [0.5, 0.6) is 0 Å². The molecule has 94 valence electrons. The van der Waals surface area contributed by atoms with Gasteiger partial charge >= 0.3 is 0 Å². The summed E-state index contributed by atoms with van der Waals surface area (Å²) in [5.41, 5.74) is 2.90. The normalized spacial score (nSPS) is 10.7. The molecule has 2 rings (SSSR count). The van der Waals surface area contributed by atoms with E-state index in [1.54, 1.807) is 18.2 Å². The highest BCUT2D eigenvalue weighted by atomic mass is 79.9. The molecule has 0 aliphatic rings. The van der Waals surface area contributed by atoms with Gasteiger partial charge in [0, 0.05) is 26.9 Å². The van der Waals surface area contributed by atoms with Gasteiger partial charge in [-0.1, -0.05) is 30.1 Å². The van der Waals surface area contributed by atoms with Crippen LogP contribution < -0.4 is 0 Å². The molecule has 1 aromatic heterocycles. The second kappa shape index (κ2) is 5.55. The molecule has 0 aliphatic carbocycles. The molecule has 18 heavy (non-hydrogen) atoms. The summed E-state index contributed by atoms with van der Waals surface area (Å²) < 4.78 is 0.823. The Morgan fingerprint density at radius 2 is 1.72 bits per heavy atom. The highest BCUT2D eigenvalue weighted by molar-refractivity contribution is 9.10. The molecule has 5 heteroatoms. The van der Waals surface area contributed by atoms with Crippen molar-refractivity contribution in [3.8, 4) is 11.4 Å². The largest absolute Gasteiger partial charge is 0.233 e. The van der Waals surface area contributed by atoms with E-state index in [0.29, 0.717) is 15.9 Å². The summed E-state index contributed by atoms with van der Waals surface area (Å²) in [6.07, 6.45) is 0.892. The standard InChI is InChI=1S/C13H11BrCl2N2/c1-3-11-7(2)17-13(18-12(11)14)8-4-9(15)6-10(16)5-8/h4-6H,3H2,1-2H3. The Balaban J connectivity index is 2.58. The predicted octanol–water partition coefficient (Wildman–Crippen LogP) is 5.08. The molecule has 0 bridgehead atoms. The van der Waals surface area contributed by atoms with Crippen molar-refractivity contribution in [2.24, 2.45) is 0 Å². The molecule has 2 aromatic rings. The Kier molecular flexibility index (Phi) is 4.25. The minimum absolute atomic E-state index is 0.578. The summed E-state index contributed by atoms with van der Waals surface area (Å²) >= 11 is 15.4. The monoisotopic (exact) mass is 344 g/mol. The van der Waals surface area contributed by atoms with Gasteiger partial charge in [-0.25, -0.2) is 9.97 Å². The van der Waals surface area contributed by atoms with Crippen molar-refractivity contribution in [3.63, 3.8) is 0 Å². The smallest absolute Gasteiger partial charge is 0.160 e. The fourth-order valence-electron chi connectivity index (χ4n) is 1.77. The molecule has 0 spiro atoms. The van der Waals surface area contributed by atoms with Crippen molar-refractivity contribution in [2.45, 2.75) is 20.3 Å². The summed E-state index contributed by atoms with van der Waals surface area (Å²) in [5.74, 6) is 0.626. The quantitative estimate of drug-likeness (QED) is 0.709. The fourth-order valence-corrected chi connectivity index (χ4v) is 3.04. The molecule has 0 amide bonds. The van der Waals surface area contributed by atoms with Gasteiger partial charge in [-0.3, -0.25) is 0 Å². The highest BCUT2D eigenvalue weighted by Crippen LogP contribution is 2.27. The lowest BCUT2D eigenvalue weighted by atomic mass is 10.1. The zero-order valence-corrected chi connectivity index (χ0v) is 13.1. The first-order chi connectivity index (χ1) is 8.51. The average molecular weight is 346 g/mol. The van der Waals surface area contributed by atoms with E-state index >= 15 is 0 Å². The van der Waals surface area contributed by atoms with E-state index < -0.39 is 0 Å². The summed E-state index contributed by atoms with van der Waals surface area (Å²) in [6, 6.07) is 5.30.